The van der Waals surface area contributed by atoms with Crippen molar-refractivity contribution in [2.24, 2.45) is 5.92 Å². The second-order valence-electron chi connectivity index (χ2n) is 6.62. The van der Waals surface area contributed by atoms with Crippen LogP contribution in [0.25, 0.3) is 11.1 Å². The Kier molecular flexibility index (Phi) is 5.41. The van der Waals surface area contributed by atoms with Gasteiger partial charge in [0.1, 0.15) is 5.78 Å². The summed E-state index contributed by atoms with van der Waals surface area (Å²) in [5.74, 6) is 0.174. The molecule has 1 saturated carbocycles. The molecule has 0 aromatic heterocycles. The molecule has 2 aromatic carbocycles. The van der Waals surface area contributed by atoms with Crippen LogP contribution < -0.4 is 5.32 Å². The van der Waals surface area contributed by atoms with Crippen LogP contribution in [0.15, 0.2) is 54.6 Å². The lowest BCUT2D eigenvalue weighted by Gasteiger charge is -2.16. The summed E-state index contributed by atoms with van der Waals surface area (Å²) in [4.78, 5) is 12.8. The average Bonchev–Trinajstić information content (AvgIpc) is 3.39. The van der Waals surface area contributed by atoms with Crippen molar-refractivity contribution in [1.82, 2.24) is 5.32 Å². The maximum atomic E-state index is 12.0. The zero-order chi connectivity index (χ0) is 16.9. The summed E-state index contributed by atoms with van der Waals surface area (Å²) in [6, 6.07) is 19.4. The van der Waals surface area contributed by atoms with E-state index in [-0.39, 0.29) is 11.7 Å². The van der Waals surface area contributed by atoms with Gasteiger partial charge in [-0.1, -0.05) is 66.8 Å². The van der Waals surface area contributed by atoms with E-state index in [9.17, 15) is 4.79 Å². The van der Waals surface area contributed by atoms with Crippen LogP contribution in [0.2, 0.25) is 0 Å². The van der Waals surface area contributed by atoms with Crippen LogP contribution in [0.4, 0.5) is 0 Å². The van der Waals surface area contributed by atoms with Gasteiger partial charge in [0.2, 0.25) is 0 Å². The summed E-state index contributed by atoms with van der Waals surface area (Å²) in [6.07, 6.45) is 3.80. The molecule has 1 atom stereocenters. The first kappa shape index (κ1) is 16.8. The third-order valence-electron chi connectivity index (χ3n) is 4.49. The number of rotatable bonds is 7. The summed E-state index contributed by atoms with van der Waals surface area (Å²) in [5.41, 5.74) is 3.59. The molecule has 1 aliphatic carbocycles. The Hall–Kier alpha value is -2.00. The van der Waals surface area contributed by atoms with Gasteiger partial charge in [-0.15, -0.1) is 0 Å². The number of nitrogens with one attached hydrogen (secondary N) is 1. The molecule has 3 rings (SSSR count). The molecular weight excluding hydrogens is 314 g/mol. The number of Topliss-reactive ketones (excluding diaryl/α,β-unsaturated/α-hetero) is 1. The highest BCUT2D eigenvalue weighted by molar-refractivity contribution is 7.80. The van der Waals surface area contributed by atoms with Gasteiger partial charge in [0, 0.05) is 18.4 Å². The molecule has 124 valence electrons. The van der Waals surface area contributed by atoms with Gasteiger partial charge in [-0.25, -0.2) is 0 Å². The molecule has 0 radical (unpaired) electrons. The van der Waals surface area contributed by atoms with Gasteiger partial charge in [0.25, 0.3) is 0 Å². The Balaban J connectivity index is 1.63. The summed E-state index contributed by atoms with van der Waals surface area (Å²) in [5, 5.41) is 3.33. The second-order valence-corrected chi connectivity index (χ2v) is 7.11. The van der Waals surface area contributed by atoms with Crippen LogP contribution in [0.5, 0.6) is 0 Å². The van der Waals surface area contributed by atoms with E-state index in [2.05, 4.69) is 41.7 Å². The predicted octanol–water partition coefficient (Wildman–Crippen LogP) is 4.57. The van der Waals surface area contributed by atoms with E-state index in [0.717, 1.165) is 11.4 Å². The average molecular weight is 337 g/mol. The van der Waals surface area contributed by atoms with Crippen LogP contribution in [0.3, 0.4) is 0 Å². The Labute approximate surface area is 149 Å². The van der Waals surface area contributed by atoms with Crippen LogP contribution in [-0.4, -0.2) is 16.8 Å². The lowest BCUT2D eigenvalue weighted by Crippen LogP contribution is -2.28. The van der Waals surface area contributed by atoms with Crippen LogP contribution in [0.1, 0.15) is 31.7 Å². The molecule has 3 heteroatoms. The van der Waals surface area contributed by atoms with E-state index in [1.54, 1.807) is 6.92 Å². The summed E-state index contributed by atoms with van der Waals surface area (Å²) >= 11 is 5.40. The van der Waals surface area contributed by atoms with Crippen molar-refractivity contribution in [3.63, 3.8) is 0 Å². The monoisotopic (exact) mass is 337 g/mol. The Bertz CT molecular complexity index is 704. The molecule has 1 unspecified atom stereocenters. The van der Waals surface area contributed by atoms with Gasteiger partial charge in [-0.05, 0) is 42.9 Å². The molecule has 1 aliphatic rings. The van der Waals surface area contributed by atoms with Gasteiger partial charge in [-0.3, -0.25) is 4.79 Å². The minimum atomic E-state index is -0.0358. The summed E-state index contributed by atoms with van der Waals surface area (Å²) in [6.45, 7) is 1.67. The molecule has 0 spiro atoms. The summed E-state index contributed by atoms with van der Waals surface area (Å²) in [7, 11) is 0. The van der Waals surface area contributed by atoms with Crippen molar-refractivity contribution < 1.29 is 4.79 Å². The Morgan fingerprint density at radius 2 is 1.71 bits per heavy atom. The molecule has 0 aliphatic heterocycles. The van der Waals surface area contributed by atoms with Crippen molar-refractivity contribution in [1.29, 1.82) is 0 Å². The number of benzene rings is 2. The third kappa shape index (κ3) is 4.75. The van der Waals surface area contributed by atoms with E-state index < -0.39 is 0 Å². The number of carbonyl (C=O) groups excluding carboxylic acids is 1. The minimum absolute atomic E-state index is 0.0358. The maximum Gasteiger partial charge on any atom is 0.133 e. The molecular formula is C21H23NOS. The Morgan fingerprint density at radius 3 is 2.29 bits per heavy atom. The largest absolute Gasteiger partial charge is 0.377 e. The first-order valence-electron chi connectivity index (χ1n) is 8.56. The fraction of sp³-hybridized carbons (Fsp3) is 0.333. The highest BCUT2D eigenvalue weighted by atomic mass is 32.1. The minimum Gasteiger partial charge on any atom is -0.377 e. The molecule has 1 N–H and O–H groups in total. The number of ketones is 1. The second kappa shape index (κ2) is 7.71. The first-order chi connectivity index (χ1) is 11.6. The van der Waals surface area contributed by atoms with E-state index in [4.69, 9.17) is 12.2 Å². The molecule has 2 aromatic rings. The molecule has 0 bridgehead atoms. The molecule has 24 heavy (non-hydrogen) atoms. The van der Waals surface area contributed by atoms with E-state index in [1.807, 2.05) is 18.2 Å². The molecule has 0 amide bonds. The standard InChI is InChI=1S/C21H23NOS/c1-15(23)19(14-21(24)22-20-11-12-20)13-16-7-9-18(10-8-16)17-5-3-2-4-6-17/h2-10,19-20H,11-14H2,1H3,(H,22,24). The lowest BCUT2D eigenvalue weighted by molar-refractivity contribution is -0.120. The fourth-order valence-electron chi connectivity index (χ4n) is 2.85. The molecule has 2 nitrogen and oxygen atoms in total. The van der Waals surface area contributed by atoms with Gasteiger partial charge >= 0.3 is 0 Å². The van der Waals surface area contributed by atoms with Gasteiger partial charge in [0.15, 0.2) is 0 Å². The number of hydrogen-bond donors (Lipinski definition) is 1. The van der Waals surface area contributed by atoms with E-state index >= 15 is 0 Å². The van der Waals surface area contributed by atoms with Crippen molar-refractivity contribution in [2.75, 3.05) is 0 Å². The zero-order valence-electron chi connectivity index (χ0n) is 14.0. The summed E-state index contributed by atoms with van der Waals surface area (Å²) < 4.78 is 0. The van der Waals surface area contributed by atoms with Crippen molar-refractivity contribution in [3.8, 4) is 11.1 Å². The molecule has 0 heterocycles. The van der Waals surface area contributed by atoms with E-state index in [0.29, 0.717) is 12.5 Å². The lowest BCUT2D eigenvalue weighted by atomic mass is 9.92. The third-order valence-corrected chi connectivity index (χ3v) is 4.78. The quantitative estimate of drug-likeness (QED) is 0.750. The van der Waals surface area contributed by atoms with Crippen molar-refractivity contribution in [2.45, 2.75) is 38.6 Å². The van der Waals surface area contributed by atoms with Gasteiger partial charge in [0.05, 0.1) is 4.99 Å². The Morgan fingerprint density at radius 1 is 1.08 bits per heavy atom. The van der Waals surface area contributed by atoms with Crippen LogP contribution in [0, 0.1) is 5.92 Å². The SMILES string of the molecule is CC(=O)C(CC(=S)NC1CC1)Cc1ccc(-c2ccccc2)cc1. The first-order valence-corrected chi connectivity index (χ1v) is 8.97. The number of thiocarbonyl (C=S) groups is 1. The predicted molar refractivity (Wildman–Crippen MR) is 103 cm³/mol. The topological polar surface area (TPSA) is 29.1 Å². The van der Waals surface area contributed by atoms with Gasteiger partial charge in [-0.2, -0.15) is 0 Å². The molecule has 1 fully saturated rings. The highest BCUT2D eigenvalue weighted by Gasteiger charge is 2.24. The number of carbonyl (C=O) groups is 1. The van der Waals surface area contributed by atoms with Crippen LogP contribution in [-0.2, 0) is 11.2 Å². The molecule has 0 saturated heterocycles. The van der Waals surface area contributed by atoms with Gasteiger partial charge < -0.3 is 5.32 Å². The van der Waals surface area contributed by atoms with Crippen LogP contribution >= 0.6 is 12.2 Å². The fourth-order valence-corrected chi connectivity index (χ4v) is 3.21. The smallest absolute Gasteiger partial charge is 0.133 e. The highest BCUT2D eigenvalue weighted by Crippen LogP contribution is 2.23. The maximum absolute atomic E-state index is 12.0. The zero-order valence-corrected chi connectivity index (χ0v) is 14.8. The van der Waals surface area contributed by atoms with E-state index in [1.165, 1.54) is 29.5 Å². The number of hydrogen-bond acceptors (Lipinski definition) is 2. The normalized spacial score (nSPS) is 14.9. The van der Waals surface area contributed by atoms with Crippen molar-refractivity contribution in [3.05, 3.63) is 60.2 Å². The van der Waals surface area contributed by atoms with Crippen molar-refractivity contribution >= 4 is 23.0 Å².